The van der Waals surface area contributed by atoms with Crippen molar-refractivity contribution in [3.05, 3.63) is 179 Å². The van der Waals surface area contributed by atoms with Crippen LogP contribution in [0.15, 0.2) is 152 Å². The van der Waals surface area contributed by atoms with Crippen LogP contribution in [-0.4, -0.2) is 110 Å². The summed E-state index contributed by atoms with van der Waals surface area (Å²) in [7, 11) is 0. The summed E-state index contributed by atoms with van der Waals surface area (Å²) in [6, 6.07) is 40.4. The topological polar surface area (TPSA) is 212 Å². The van der Waals surface area contributed by atoms with Gasteiger partial charge in [0.2, 0.25) is 0 Å². The Hall–Kier alpha value is -7.57. The molecule has 0 bridgehead atoms. The molecule has 2 heterocycles. The molecule has 17 heteroatoms. The van der Waals surface area contributed by atoms with E-state index in [4.69, 9.17) is 47.4 Å². The summed E-state index contributed by atoms with van der Waals surface area (Å²) in [4.78, 5) is 94.3. The van der Waals surface area contributed by atoms with E-state index in [1.54, 1.807) is 97.1 Å². The normalized spacial score (nSPS) is 22.9. The van der Waals surface area contributed by atoms with Crippen LogP contribution < -0.4 is 0 Å². The Morgan fingerprint density at radius 2 is 0.943 bits per heavy atom. The highest BCUT2D eigenvalue weighted by Crippen LogP contribution is 2.35. The van der Waals surface area contributed by atoms with Gasteiger partial charge in [-0.15, -0.1) is 0 Å². The first-order valence-electron chi connectivity index (χ1n) is 22.4. The smallest absolute Gasteiger partial charge is 0.338 e. The highest BCUT2D eigenvalue weighted by molar-refractivity contribution is 5.91. The molecule has 7 rings (SSSR count). The lowest BCUT2D eigenvalue weighted by molar-refractivity contribution is -0.348. The molecule has 0 spiro atoms. The zero-order chi connectivity index (χ0) is 49.4. The monoisotopic (exact) mass is 958 g/mol. The maximum atomic E-state index is 14.2. The molecule has 5 aromatic carbocycles. The zero-order valence-corrected chi connectivity index (χ0v) is 38.1. The zero-order valence-electron chi connectivity index (χ0n) is 38.1. The molecule has 2 aliphatic heterocycles. The van der Waals surface area contributed by atoms with Gasteiger partial charge in [-0.05, 0) is 61.0 Å². The van der Waals surface area contributed by atoms with E-state index in [2.05, 4.69) is 0 Å². The Kier molecular flexibility index (Phi) is 17.7. The average molecular weight is 959 g/mol. The third-order valence-corrected chi connectivity index (χ3v) is 10.9. The maximum Gasteiger partial charge on any atom is 0.338 e. The Morgan fingerprint density at radius 3 is 1.44 bits per heavy atom. The van der Waals surface area contributed by atoms with E-state index >= 15 is 0 Å². The summed E-state index contributed by atoms with van der Waals surface area (Å²) in [5.41, 5.74) is 1.04. The van der Waals surface area contributed by atoms with Crippen LogP contribution in [0.1, 0.15) is 73.7 Å². The largest absolute Gasteiger partial charge is 0.459 e. The number of rotatable bonds is 19. The number of ether oxygens (including phenoxy) is 10. The first-order chi connectivity index (χ1) is 33.9. The van der Waals surface area contributed by atoms with Crippen LogP contribution in [0.2, 0.25) is 0 Å². The second-order valence-corrected chi connectivity index (χ2v) is 16.1. The van der Waals surface area contributed by atoms with Gasteiger partial charge < -0.3 is 52.2 Å². The van der Waals surface area contributed by atoms with Gasteiger partial charge in [0.15, 0.2) is 43.1 Å². The second-order valence-electron chi connectivity index (χ2n) is 16.1. The molecule has 0 radical (unpaired) electrons. The molecule has 0 aliphatic carbocycles. The third kappa shape index (κ3) is 13.8. The molecule has 0 unspecified atom stereocenters. The van der Waals surface area contributed by atoms with Crippen molar-refractivity contribution in [2.75, 3.05) is 13.2 Å². The minimum absolute atomic E-state index is 0.0432. The van der Waals surface area contributed by atoms with Crippen molar-refractivity contribution in [1.29, 1.82) is 0 Å². The summed E-state index contributed by atoms with van der Waals surface area (Å²) in [5, 5.41) is 0. The summed E-state index contributed by atoms with van der Waals surface area (Å²) in [6.07, 6.45) is -15.4. The van der Waals surface area contributed by atoms with E-state index in [9.17, 15) is 33.6 Å². The van der Waals surface area contributed by atoms with Crippen molar-refractivity contribution < 1.29 is 80.9 Å². The van der Waals surface area contributed by atoms with E-state index in [1.807, 2.05) is 6.07 Å². The predicted molar refractivity (Wildman–Crippen MR) is 244 cm³/mol. The molecule has 0 saturated carbocycles. The van der Waals surface area contributed by atoms with E-state index in [0.717, 1.165) is 6.92 Å². The average Bonchev–Trinajstić information content (AvgIpc) is 3.38. The number of benzene rings is 5. The van der Waals surface area contributed by atoms with Gasteiger partial charge in [-0.3, -0.25) is 9.59 Å². The van der Waals surface area contributed by atoms with Gasteiger partial charge in [-0.25, -0.2) is 19.2 Å². The van der Waals surface area contributed by atoms with Crippen LogP contribution in [-0.2, 0) is 68.4 Å². The fourth-order valence-electron chi connectivity index (χ4n) is 7.52. The van der Waals surface area contributed by atoms with Crippen LogP contribution in [0.3, 0.4) is 0 Å². The van der Waals surface area contributed by atoms with Crippen molar-refractivity contribution in [3.63, 3.8) is 0 Å². The molecule has 2 saturated heterocycles. The Balaban J connectivity index is 1.34. The molecule has 9 atom stereocenters. The number of hydrogen-bond donors (Lipinski definition) is 0. The molecular formula is C53H50O17. The number of Topliss-reactive ketones (excluding diaryl/α,β-unsaturated/α-hetero) is 1. The minimum Gasteiger partial charge on any atom is -0.459 e. The molecule has 2 aliphatic rings. The molecule has 0 amide bonds. The van der Waals surface area contributed by atoms with Crippen LogP contribution in [0.5, 0.6) is 0 Å². The SMILES string of the molecule is CC(=O)CCC(=O)O[C@H]1[C@@H](OCc2ccccc2)OC[C@H](OC(C)=O)[C@@H]1O[C@@H]1O[C@H](COC(=O)c2ccccc2)[C@@H](OC(=O)c2ccccc2)[C@H](OC(=O)c2ccccc2)[C@H]1OC(=O)c1ccccc1. The number of esters is 6. The third-order valence-electron chi connectivity index (χ3n) is 10.9. The van der Waals surface area contributed by atoms with Gasteiger partial charge in [0.25, 0.3) is 0 Å². The summed E-state index contributed by atoms with van der Waals surface area (Å²) >= 11 is 0. The molecule has 5 aromatic rings. The van der Waals surface area contributed by atoms with Crippen LogP contribution >= 0.6 is 0 Å². The predicted octanol–water partition coefficient (Wildman–Crippen LogP) is 6.42. The van der Waals surface area contributed by atoms with Gasteiger partial charge >= 0.3 is 35.8 Å². The van der Waals surface area contributed by atoms with Gasteiger partial charge in [-0.1, -0.05) is 103 Å². The van der Waals surface area contributed by atoms with Crippen molar-refractivity contribution in [2.45, 2.75) is 88.6 Å². The summed E-state index contributed by atoms with van der Waals surface area (Å²) in [6.45, 7) is 1.31. The van der Waals surface area contributed by atoms with Crippen LogP contribution in [0, 0.1) is 0 Å². The lowest BCUT2D eigenvalue weighted by atomic mass is 9.97. The molecule has 17 nitrogen and oxygen atoms in total. The summed E-state index contributed by atoms with van der Waals surface area (Å²) in [5.74, 6) is -5.61. The second kappa shape index (κ2) is 24.6. The summed E-state index contributed by atoms with van der Waals surface area (Å²) < 4.78 is 61.5. The first kappa shape index (κ1) is 50.3. The lowest BCUT2D eigenvalue weighted by Gasteiger charge is -2.47. The van der Waals surface area contributed by atoms with Crippen molar-refractivity contribution in [2.24, 2.45) is 0 Å². The quantitative estimate of drug-likeness (QED) is 0.0646. The highest BCUT2D eigenvalue weighted by atomic mass is 16.8. The van der Waals surface area contributed by atoms with Crippen molar-refractivity contribution in [3.8, 4) is 0 Å². The van der Waals surface area contributed by atoms with E-state index in [-0.39, 0.29) is 47.5 Å². The van der Waals surface area contributed by atoms with E-state index < -0.39 is 104 Å². The molecule has 2 fully saturated rings. The molecule has 364 valence electrons. The lowest BCUT2D eigenvalue weighted by Crippen LogP contribution is -2.66. The fraction of sp³-hybridized carbons (Fsp3) is 0.302. The molecular weight excluding hydrogens is 909 g/mol. The number of carbonyl (C=O) groups is 7. The van der Waals surface area contributed by atoms with Crippen LogP contribution in [0.4, 0.5) is 0 Å². The maximum absolute atomic E-state index is 14.2. The Morgan fingerprint density at radius 1 is 0.486 bits per heavy atom. The number of hydrogen-bond acceptors (Lipinski definition) is 17. The Bertz CT molecular complexity index is 2540. The fourth-order valence-corrected chi connectivity index (χ4v) is 7.52. The van der Waals surface area contributed by atoms with Gasteiger partial charge in [-0.2, -0.15) is 0 Å². The Labute approximate surface area is 402 Å². The first-order valence-corrected chi connectivity index (χ1v) is 22.4. The number of carbonyl (C=O) groups excluding carboxylic acids is 7. The highest BCUT2D eigenvalue weighted by Gasteiger charge is 2.57. The van der Waals surface area contributed by atoms with Crippen molar-refractivity contribution >= 4 is 41.6 Å². The number of ketones is 1. The minimum atomic E-state index is -1.91. The van der Waals surface area contributed by atoms with Gasteiger partial charge in [0.05, 0.1) is 41.9 Å². The van der Waals surface area contributed by atoms with Gasteiger partial charge in [0, 0.05) is 13.3 Å². The van der Waals surface area contributed by atoms with E-state index in [1.165, 1.54) is 55.5 Å². The molecule has 70 heavy (non-hydrogen) atoms. The van der Waals surface area contributed by atoms with Gasteiger partial charge in [0.1, 0.15) is 24.6 Å². The van der Waals surface area contributed by atoms with Crippen LogP contribution in [0.25, 0.3) is 0 Å². The molecule has 0 N–H and O–H groups in total. The van der Waals surface area contributed by atoms with Crippen molar-refractivity contribution in [1.82, 2.24) is 0 Å². The molecule has 0 aromatic heterocycles. The van der Waals surface area contributed by atoms with E-state index in [0.29, 0.717) is 5.56 Å². The standard InChI is InChI=1S/C53H50O17/c1-33(54)28-29-42(56)66-46-44(40(64-34(2)55)32-63-52(46)62-30-35-18-8-3-9-19-35)70-53-47(69-51(60)39-26-16-7-17-27-39)45(68-50(59)38-24-14-6-15-25-38)43(67-49(58)37-22-12-5-13-23-37)41(65-53)31-61-48(57)36-20-10-4-11-21-36/h3-27,40-41,43-47,52-53H,28-32H2,1-2H3/t40-,41+,43+,44-,45-,46+,47+,52-,53-/m0/s1.